The van der Waals surface area contributed by atoms with Crippen LogP contribution >= 0.6 is 0 Å². The smallest absolute Gasteiger partial charge is 1.00 e. The Bertz CT molecular complexity index is 335. The number of hydrogen-bond donors (Lipinski definition) is 4. The van der Waals surface area contributed by atoms with E-state index in [1.165, 1.54) is 0 Å². The van der Waals surface area contributed by atoms with Gasteiger partial charge in [0, 0.05) is 13.1 Å². The zero-order chi connectivity index (χ0) is 15.7. The quantitative estimate of drug-likeness (QED) is 0.257. The summed E-state index contributed by atoms with van der Waals surface area (Å²) in [6.45, 7) is -2.25. The Balaban J connectivity index is -0.000000301. The molecule has 0 aliphatic rings. The predicted octanol–water partition coefficient (Wildman–Crippen LogP) is -7.84. The molecular formula is C10H18K2N2O8. The van der Waals surface area contributed by atoms with Gasteiger partial charge in [0.2, 0.25) is 0 Å². The van der Waals surface area contributed by atoms with Crippen LogP contribution in [0, 0.1) is 0 Å². The fraction of sp³-hybridized carbons (Fsp3) is 0.600. The molecule has 0 amide bonds. The van der Waals surface area contributed by atoms with Crippen LogP contribution in [0.3, 0.4) is 0 Å². The van der Waals surface area contributed by atoms with E-state index in [0.717, 1.165) is 9.80 Å². The first kappa shape index (κ1) is 27.9. The molecule has 0 bridgehead atoms. The molecule has 0 spiro atoms. The average molecular weight is 372 g/mol. The van der Waals surface area contributed by atoms with Crippen molar-refractivity contribution in [3.8, 4) is 0 Å². The molecule has 0 radical (unpaired) electrons. The maximum absolute atomic E-state index is 10.6. The number of carboxylic acid groups (broad SMARTS) is 4. The first-order valence-electron chi connectivity index (χ1n) is 5.52. The zero-order valence-electron chi connectivity index (χ0n) is 14.6. The summed E-state index contributed by atoms with van der Waals surface area (Å²) in [5.74, 6) is -4.91. The van der Waals surface area contributed by atoms with Crippen molar-refractivity contribution in [3.05, 3.63) is 0 Å². The third-order valence-corrected chi connectivity index (χ3v) is 2.17. The molecule has 0 saturated heterocycles. The van der Waals surface area contributed by atoms with Gasteiger partial charge in [0.15, 0.2) is 0 Å². The minimum Gasteiger partial charge on any atom is -1.00 e. The molecule has 0 fully saturated rings. The van der Waals surface area contributed by atoms with Gasteiger partial charge in [-0.1, -0.05) is 0 Å². The summed E-state index contributed by atoms with van der Waals surface area (Å²) in [7, 11) is 0. The van der Waals surface area contributed by atoms with E-state index in [-0.39, 0.29) is 119 Å². The molecule has 22 heavy (non-hydrogen) atoms. The molecule has 0 aromatic carbocycles. The Morgan fingerprint density at radius 3 is 0.909 bits per heavy atom. The van der Waals surface area contributed by atoms with Gasteiger partial charge in [-0.3, -0.25) is 29.0 Å². The number of carboxylic acids is 4. The van der Waals surface area contributed by atoms with Gasteiger partial charge in [-0.15, -0.1) is 0 Å². The second-order valence-electron chi connectivity index (χ2n) is 4.00. The summed E-state index contributed by atoms with van der Waals surface area (Å²) in [5.41, 5.74) is 0. The van der Waals surface area contributed by atoms with Crippen molar-refractivity contribution in [2.24, 2.45) is 0 Å². The first-order chi connectivity index (χ1) is 9.20. The van der Waals surface area contributed by atoms with Crippen LogP contribution in [0.5, 0.6) is 0 Å². The summed E-state index contributed by atoms with van der Waals surface area (Å²) < 4.78 is 0. The van der Waals surface area contributed by atoms with E-state index < -0.39 is 50.1 Å². The molecule has 4 N–H and O–H groups in total. The number of rotatable bonds is 11. The molecule has 0 aliphatic heterocycles. The molecule has 0 aromatic heterocycles. The van der Waals surface area contributed by atoms with E-state index in [1.54, 1.807) is 0 Å². The fourth-order valence-corrected chi connectivity index (χ4v) is 1.48. The standard InChI is InChI=1S/C10H16N2O8.2K.2H/c13-7(14)3-11(4-8(15)16)1-2-12(5-9(17)18)6-10(19)20;;;;/h1-6H2,(H,13,14)(H,15,16)(H,17,18)(H,19,20);;;;/q;2*+1;2*-1. The van der Waals surface area contributed by atoms with Crippen molar-refractivity contribution >= 4 is 23.9 Å². The Hall–Kier alpha value is 1.07. The topological polar surface area (TPSA) is 156 Å². The third kappa shape index (κ3) is 17.4. The van der Waals surface area contributed by atoms with E-state index >= 15 is 0 Å². The number of aliphatic carboxylic acids is 4. The Labute approximate surface area is 214 Å². The summed E-state index contributed by atoms with van der Waals surface area (Å²) in [6.07, 6.45) is 0. The van der Waals surface area contributed by atoms with Crippen molar-refractivity contribution < 1.29 is 145 Å². The molecule has 118 valence electrons. The van der Waals surface area contributed by atoms with Gasteiger partial charge in [0.05, 0.1) is 26.2 Å². The predicted molar refractivity (Wildman–Crippen MR) is 65.6 cm³/mol. The average Bonchev–Trinajstić information content (AvgIpc) is 2.22. The summed E-state index contributed by atoms with van der Waals surface area (Å²) in [5, 5.41) is 34.5. The van der Waals surface area contributed by atoms with Crippen LogP contribution < -0.4 is 103 Å². The third-order valence-electron chi connectivity index (χ3n) is 2.17. The maximum atomic E-state index is 10.6. The molecule has 10 nitrogen and oxygen atoms in total. The molecule has 0 aliphatic carbocycles. The number of hydrogen-bond acceptors (Lipinski definition) is 6. The van der Waals surface area contributed by atoms with Crippen LogP contribution in [0.25, 0.3) is 0 Å². The molecular weight excluding hydrogens is 354 g/mol. The molecule has 0 aromatic rings. The van der Waals surface area contributed by atoms with Crippen LogP contribution in [-0.2, 0) is 19.2 Å². The molecule has 0 rings (SSSR count). The molecule has 0 atom stereocenters. The minimum absolute atomic E-state index is 0. The first-order valence-corrected chi connectivity index (χ1v) is 5.52. The van der Waals surface area contributed by atoms with Crippen molar-refractivity contribution in [3.63, 3.8) is 0 Å². The van der Waals surface area contributed by atoms with Gasteiger partial charge in [-0.2, -0.15) is 0 Å². The van der Waals surface area contributed by atoms with Gasteiger partial charge in [0.1, 0.15) is 0 Å². The van der Waals surface area contributed by atoms with E-state index in [1.807, 2.05) is 0 Å². The maximum Gasteiger partial charge on any atom is 1.00 e. The van der Waals surface area contributed by atoms with Crippen LogP contribution in [0.15, 0.2) is 0 Å². The zero-order valence-corrected chi connectivity index (χ0v) is 18.8. The van der Waals surface area contributed by atoms with E-state index in [2.05, 4.69) is 0 Å². The number of carbonyl (C=O) groups is 4. The molecule has 0 heterocycles. The minimum atomic E-state index is -1.23. The van der Waals surface area contributed by atoms with Crippen molar-refractivity contribution in [1.29, 1.82) is 0 Å². The number of nitrogens with zero attached hydrogens (tertiary/aromatic N) is 2. The van der Waals surface area contributed by atoms with E-state index in [0.29, 0.717) is 0 Å². The van der Waals surface area contributed by atoms with Crippen LogP contribution in [0.1, 0.15) is 2.85 Å². The summed E-state index contributed by atoms with van der Waals surface area (Å²) in [6, 6.07) is 0. The van der Waals surface area contributed by atoms with E-state index in [9.17, 15) is 19.2 Å². The van der Waals surface area contributed by atoms with Crippen molar-refractivity contribution in [1.82, 2.24) is 9.80 Å². The van der Waals surface area contributed by atoms with Crippen molar-refractivity contribution in [2.45, 2.75) is 0 Å². The second kappa shape index (κ2) is 15.6. The van der Waals surface area contributed by atoms with Gasteiger partial charge in [-0.05, 0) is 0 Å². The van der Waals surface area contributed by atoms with Gasteiger partial charge >= 0.3 is 127 Å². The Morgan fingerprint density at radius 2 is 0.773 bits per heavy atom. The monoisotopic (exact) mass is 372 g/mol. The molecule has 0 unspecified atom stereocenters. The second-order valence-corrected chi connectivity index (χ2v) is 4.00. The van der Waals surface area contributed by atoms with Gasteiger partial charge in [0.25, 0.3) is 0 Å². The van der Waals surface area contributed by atoms with Gasteiger partial charge in [-0.25, -0.2) is 0 Å². The molecule has 12 heteroatoms. The summed E-state index contributed by atoms with van der Waals surface area (Å²) in [4.78, 5) is 44.4. The van der Waals surface area contributed by atoms with Crippen molar-refractivity contribution in [2.75, 3.05) is 39.3 Å². The fourth-order valence-electron chi connectivity index (χ4n) is 1.48. The van der Waals surface area contributed by atoms with Crippen LogP contribution in [-0.4, -0.2) is 93.4 Å². The summed E-state index contributed by atoms with van der Waals surface area (Å²) >= 11 is 0. The molecule has 0 saturated carbocycles. The van der Waals surface area contributed by atoms with E-state index in [4.69, 9.17) is 20.4 Å². The Kier molecular flexibility index (Phi) is 19.8. The SMILES string of the molecule is O=C(O)CN(CCN(CC(=O)O)CC(=O)O)CC(=O)O.[H-].[H-].[K+].[K+]. The normalized spacial score (nSPS) is 9.73. The van der Waals surface area contributed by atoms with Crippen LogP contribution in [0.4, 0.5) is 0 Å². The largest absolute Gasteiger partial charge is 1.00 e. The van der Waals surface area contributed by atoms with Gasteiger partial charge < -0.3 is 23.3 Å². The van der Waals surface area contributed by atoms with Crippen LogP contribution in [0.2, 0.25) is 0 Å². The Morgan fingerprint density at radius 1 is 0.591 bits per heavy atom.